The van der Waals surface area contributed by atoms with Crippen molar-refractivity contribution in [2.24, 2.45) is 10.2 Å². The van der Waals surface area contributed by atoms with Crippen LogP contribution in [-0.4, -0.2) is 23.0 Å². The fourth-order valence-corrected chi connectivity index (χ4v) is 3.49. The summed E-state index contributed by atoms with van der Waals surface area (Å²) in [4.78, 5) is 14.8. The van der Waals surface area contributed by atoms with Crippen molar-refractivity contribution in [3.05, 3.63) is 70.9 Å². The molecule has 2 heterocycles. The number of benzene rings is 1. The van der Waals surface area contributed by atoms with Crippen molar-refractivity contribution in [3.8, 4) is 0 Å². The van der Waals surface area contributed by atoms with Crippen LogP contribution in [0.4, 0.5) is 5.69 Å². The van der Waals surface area contributed by atoms with Crippen LogP contribution in [0.3, 0.4) is 0 Å². The third-order valence-electron chi connectivity index (χ3n) is 3.10. The van der Waals surface area contributed by atoms with Gasteiger partial charge in [-0.15, -0.1) is 16.4 Å². The highest BCUT2D eigenvalue weighted by molar-refractivity contribution is 8.15. The number of allylic oxidation sites excluding steroid dienone is 3. The predicted molar refractivity (Wildman–Crippen MR) is 105 cm³/mol. The molecule has 6 heteroatoms. The zero-order valence-electron chi connectivity index (χ0n) is 12.8. The number of carbonyl (C=O) groups is 1. The zero-order valence-corrected chi connectivity index (χ0v) is 14.4. The minimum atomic E-state index is 0.0228. The van der Waals surface area contributed by atoms with Gasteiger partial charge in [-0.2, -0.15) is 5.10 Å². The van der Waals surface area contributed by atoms with E-state index in [-0.39, 0.29) is 5.91 Å². The molecule has 4 nitrogen and oxygen atoms in total. The monoisotopic (exact) mass is 353 g/mol. The molecule has 1 aliphatic rings. The maximum atomic E-state index is 12.0. The van der Waals surface area contributed by atoms with Crippen LogP contribution in [-0.2, 0) is 4.79 Å². The van der Waals surface area contributed by atoms with Crippen LogP contribution in [0.2, 0.25) is 0 Å². The van der Waals surface area contributed by atoms with Gasteiger partial charge < -0.3 is 0 Å². The lowest BCUT2D eigenvalue weighted by Crippen LogP contribution is -2.28. The molecule has 1 aromatic heterocycles. The third kappa shape index (κ3) is 4.31. The van der Waals surface area contributed by atoms with Gasteiger partial charge in [-0.25, -0.2) is 0 Å². The molecule has 0 spiro atoms. The Morgan fingerprint density at radius 2 is 1.92 bits per heavy atom. The van der Waals surface area contributed by atoms with Crippen molar-refractivity contribution in [2.75, 3.05) is 10.7 Å². The average Bonchev–Trinajstić information content (AvgIpc) is 3.25. The second-order valence-corrected chi connectivity index (χ2v) is 6.68. The molecule has 0 N–H and O–H groups in total. The van der Waals surface area contributed by atoms with Crippen molar-refractivity contribution in [2.45, 2.75) is 0 Å². The minimum Gasteiger partial charge on any atom is -0.273 e. The topological polar surface area (TPSA) is 45.0 Å². The standard InChI is InChI=1S/C18H15N3OS2/c22-17-14-24-18(21(17)15-8-3-1-4-9-15)20-19-12-6-2-5-10-16-11-7-13-23-16/h1-13H,14H2/b6-2+,10-5+,19-12-,20-18-. The summed E-state index contributed by atoms with van der Waals surface area (Å²) in [7, 11) is 0. The number of amides is 1. The van der Waals surface area contributed by atoms with E-state index in [0.717, 1.165) is 5.69 Å². The molecular weight excluding hydrogens is 338 g/mol. The Bertz CT molecular complexity index is 793. The van der Waals surface area contributed by atoms with E-state index >= 15 is 0 Å². The van der Waals surface area contributed by atoms with E-state index in [9.17, 15) is 4.79 Å². The Morgan fingerprint density at radius 3 is 2.71 bits per heavy atom. The molecule has 0 unspecified atom stereocenters. The Hall–Kier alpha value is -2.44. The lowest BCUT2D eigenvalue weighted by atomic mass is 10.3. The van der Waals surface area contributed by atoms with E-state index in [1.54, 1.807) is 22.5 Å². The first-order valence-corrected chi connectivity index (χ1v) is 9.20. The zero-order chi connectivity index (χ0) is 16.6. The summed E-state index contributed by atoms with van der Waals surface area (Å²) in [5.41, 5.74) is 0.816. The highest BCUT2D eigenvalue weighted by Crippen LogP contribution is 2.26. The van der Waals surface area contributed by atoms with Gasteiger partial charge in [-0.05, 0) is 35.7 Å². The highest BCUT2D eigenvalue weighted by Gasteiger charge is 2.29. The third-order valence-corrected chi connectivity index (χ3v) is 4.85. The van der Waals surface area contributed by atoms with Crippen LogP contribution in [0.25, 0.3) is 6.08 Å². The SMILES string of the molecule is O=C1CS\C(=N/N=C\C=C\C=C\c2cccs2)N1c1ccccc1. The van der Waals surface area contributed by atoms with E-state index in [0.29, 0.717) is 10.9 Å². The molecule has 0 aliphatic carbocycles. The van der Waals surface area contributed by atoms with Gasteiger partial charge in [0.15, 0.2) is 5.17 Å². The molecule has 1 fully saturated rings. The number of hydrogen-bond donors (Lipinski definition) is 0. The Balaban J connectivity index is 1.61. The number of para-hydroxylation sites is 1. The number of anilines is 1. The number of amidine groups is 1. The number of thiophene rings is 1. The first-order valence-electron chi connectivity index (χ1n) is 7.33. The molecule has 24 heavy (non-hydrogen) atoms. The van der Waals surface area contributed by atoms with Crippen LogP contribution in [0.5, 0.6) is 0 Å². The summed E-state index contributed by atoms with van der Waals surface area (Å²) in [5.74, 6) is 0.414. The smallest absolute Gasteiger partial charge is 0.243 e. The van der Waals surface area contributed by atoms with Crippen molar-refractivity contribution in [1.29, 1.82) is 0 Å². The van der Waals surface area contributed by atoms with Crippen LogP contribution >= 0.6 is 23.1 Å². The first-order chi connectivity index (χ1) is 11.8. The molecule has 1 amide bonds. The van der Waals surface area contributed by atoms with Gasteiger partial charge >= 0.3 is 0 Å². The maximum Gasteiger partial charge on any atom is 0.243 e. The molecule has 0 atom stereocenters. The molecule has 0 saturated carbocycles. The fraction of sp³-hybridized carbons (Fsp3) is 0.0556. The van der Waals surface area contributed by atoms with E-state index in [4.69, 9.17) is 0 Å². The molecular formula is C18H15N3OS2. The van der Waals surface area contributed by atoms with Gasteiger partial charge in [0.05, 0.1) is 11.4 Å². The minimum absolute atomic E-state index is 0.0228. The normalized spacial score (nSPS) is 17.2. The first kappa shape index (κ1) is 16.4. The second kappa shape index (κ2) is 8.42. The number of rotatable bonds is 5. The number of carbonyl (C=O) groups excluding carboxylic acids is 1. The number of hydrogen-bond acceptors (Lipinski definition) is 5. The molecule has 120 valence electrons. The van der Waals surface area contributed by atoms with Crippen molar-refractivity contribution >= 4 is 52.2 Å². The largest absolute Gasteiger partial charge is 0.273 e. The van der Waals surface area contributed by atoms with E-state index in [2.05, 4.69) is 16.3 Å². The van der Waals surface area contributed by atoms with Crippen molar-refractivity contribution < 1.29 is 4.79 Å². The summed E-state index contributed by atoms with van der Waals surface area (Å²) < 4.78 is 0. The molecule has 0 radical (unpaired) electrons. The quantitative estimate of drug-likeness (QED) is 0.453. The Kier molecular flexibility index (Phi) is 5.76. The molecule has 1 aromatic carbocycles. The van der Waals surface area contributed by atoms with Crippen molar-refractivity contribution in [3.63, 3.8) is 0 Å². The summed E-state index contributed by atoms with van der Waals surface area (Å²) in [6.45, 7) is 0. The lowest BCUT2D eigenvalue weighted by molar-refractivity contribution is -0.115. The number of nitrogens with zero attached hydrogens (tertiary/aromatic N) is 3. The van der Waals surface area contributed by atoms with Crippen LogP contribution in [0.15, 0.2) is 76.3 Å². The summed E-state index contributed by atoms with van der Waals surface area (Å²) >= 11 is 3.09. The molecule has 2 aromatic rings. The predicted octanol–water partition coefficient (Wildman–Crippen LogP) is 4.44. The summed E-state index contributed by atoms with van der Waals surface area (Å²) in [6.07, 6.45) is 9.30. The van der Waals surface area contributed by atoms with E-state index in [1.165, 1.54) is 16.6 Å². The van der Waals surface area contributed by atoms with Crippen LogP contribution < -0.4 is 4.90 Å². The summed E-state index contributed by atoms with van der Waals surface area (Å²) in [6, 6.07) is 13.6. The van der Waals surface area contributed by atoms with Gasteiger partial charge in [-0.3, -0.25) is 9.69 Å². The van der Waals surface area contributed by atoms with Crippen LogP contribution in [0.1, 0.15) is 4.88 Å². The molecule has 3 rings (SSSR count). The molecule has 1 saturated heterocycles. The van der Waals surface area contributed by atoms with Crippen LogP contribution in [0, 0.1) is 0 Å². The van der Waals surface area contributed by atoms with E-state index < -0.39 is 0 Å². The molecule has 0 bridgehead atoms. The Morgan fingerprint density at radius 1 is 1.04 bits per heavy atom. The number of thioether (sulfide) groups is 1. The highest BCUT2D eigenvalue weighted by atomic mass is 32.2. The van der Waals surface area contributed by atoms with Gasteiger partial charge in [0, 0.05) is 11.1 Å². The van der Waals surface area contributed by atoms with E-state index in [1.807, 2.05) is 66.1 Å². The maximum absolute atomic E-state index is 12.0. The second-order valence-electron chi connectivity index (χ2n) is 4.76. The summed E-state index contributed by atoms with van der Waals surface area (Å²) in [5, 5.41) is 10.8. The molecule has 1 aliphatic heterocycles. The van der Waals surface area contributed by atoms with Gasteiger partial charge in [0.1, 0.15) is 0 Å². The average molecular weight is 353 g/mol. The van der Waals surface area contributed by atoms with Gasteiger partial charge in [-0.1, -0.05) is 48.2 Å². The fourth-order valence-electron chi connectivity index (χ4n) is 2.04. The lowest BCUT2D eigenvalue weighted by Gasteiger charge is -2.14. The van der Waals surface area contributed by atoms with Crippen molar-refractivity contribution in [1.82, 2.24) is 0 Å². The van der Waals surface area contributed by atoms with Gasteiger partial charge in [0.25, 0.3) is 0 Å². The van der Waals surface area contributed by atoms with Gasteiger partial charge in [0.2, 0.25) is 5.91 Å². The Labute approximate surface area is 148 Å².